The lowest BCUT2D eigenvalue weighted by atomic mass is 9.77. The molecule has 94 valence electrons. The first kappa shape index (κ1) is 14.2. The Labute approximate surface area is 106 Å². The summed E-state index contributed by atoms with van der Waals surface area (Å²) in [7, 11) is 0. The van der Waals surface area contributed by atoms with E-state index in [4.69, 9.17) is 4.74 Å². The van der Waals surface area contributed by atoms with Gasteiger partial charge in [0.25, 0.3) is 0 Å². The summed E-state index contributed by atoms with van der Waals surface area (Å²) in [5.74, 6) is 0. The van der Waals surface area contributed by atoms with Gasteiger partial charge in [0.2, 0.25) is 0 Å². The molecule has 0 amide bonds. The molecule has 4 heteroatoms. The van der Waals surface area contributed by atoms with Gasteiger partial charge in [-0.3, -0.25) is 0 Å². The van der Waals surface area contributed by atoms with Crippen LogP contribution in [-0.4, -0.2) is 21.4 Å². The smallest absolute Gasteiger partial charge is 0.117 e. The second kappa shape index (κ2) is 5.17. The highest BCUT2D eigenvalue weighted by atomic mass is 79.9. The molecule has 1 fully saturated rings. The Morgan fingerprint density at radius 2 is 2.00 bits per heavy atom. The van der Waals surface area contributed by atoms with E-state index < -0.39 is 0 Å². The zero-order valence-electron chi connectivity index (χ0n) is 10.3. The van der Waals surface area contributed by atoms with Gasteiger partial charge in [-0.2, -0.15) is 5.48 Å². The van der Waals surface area contributed by atoms with Crippen molar-refractivity contribution < 1.29 is 9.94 Å². The number of alkyl halides is 1. The highest BCUT2D eigenvalue weighted by Gasteiger charge is 2.37. The lowest BCUT2D eigenvalue weighted by molar-refractivity contribution is -0.0512. The molecule has 0 aromatic carbocycles. The Balaban J connectivity index is 2.53. The molecule has 1 saturated carbocycles. The summed E-state index contributed by atoms with van der Waals surface area (Å²) < 4.78 is 5.60. The van der Waals surface area contributed by atoms with Crippen LogP contribution in [0, 0.1) is 0 Å². The van der Waals surface area contributed by atoms with Crippen LogP contribution in [0.15, 0.2) is 12.2 Å². The van der Waals surface area contributed by atoms with Crippen molar-refractivity contribution in [1.29, 1.82) is 0 Å². The predicted molar refractivity (Wildman–Crippen MR) is 68.8 cm³/mol. The highest BCUT2D eigenvalue weighted by molar-refractivity contribution is 9.10. The maximum absolute atomic E-state index is 9.27. The van der Waals surface area contributed by atoms with Crippen LogP contribution in [0.5, 0.6) is 0 Å². The lowest BCUT2D eigenvalue weighted by Gasteiger charge is -2.40. The average molecular weight is 292 g/mol. The van der Waals surface area contributed by atoms with Crippen LogP contribution in [-0.2, 0) is 4.74 Å². The van der Waals surface area contributed by atoms with E-state index in [1.807, 2.05) is 20.8 Å². The number of halogens is 1. The van der Waals surface area contributed by atoms with Crippen molar-refractivity contribution in [3.05, 3.63) is 12.2 Å². The summed E-state index contributed by atoms with van der Waals surface area (Å²) in [4.78, 5) is 0. The largest absolute Gasteiger partial charge is 0.361 e. The van der Waals surface area contributed by atoms with Gasteiger partial charge in [-0.25, -0.2) is 0 Å². The Kier molecular flexibility index (Phi) is 4.57. The fourth-order valence-electron chi connectivity index (χ4n) is 2.23. The van der Waals surface area contributed by atoms with Gasteiger partial charge >= 0.3 is 0 Å². The average Bonchev–Trinajstić information content (AvgIpc) is 2.16. The number of hydrogen-bond donors (Lipinski definition) is 2. The van der Waals surface area contributed by atoms with Gasteiger partial charge in [0.1, 0.15) is 4.51 Å². The Morgan fingerprint density at radius 1 is 1.50 bits per heavy atom. The van der Waals surface area contributed by atoms with Gasteiger partial charge < -0.3 is 9.94 Å². The van der Waals surface area contributed by atoms with Crippen molar-refractivity contribution in [1.82, 2.24) is 5.48 Å². The molecule has 0 atom stereocenters. The van der Waals surface area contributed by atoms with Crippen molar-refractivity contribution in [2.24, 2.45) is 0 Å². The molecule has 16 heavy (non-hydrogen) atoms. The normalized spacial score (nSPS) is 31.4. The van der Waals surface area contributed by atoms with Crippen molar-refractivity contribution in [3.63, 3.8) is 0 Å². The SMILES string of the molecule is C=C(C)C1(NO)CCC(OC(C)(C)Br)CC1. The summed E-state index contributed by atoms with van der Waals surface area (Å²) >= 11 is 3.48. The molecule has 0 unspecified atom stereocenters. The third kappa shape index (κ3) is 3.55. The first-order valence-corrected chi connectivity index (χ1v) is 6.52. The third-order valence-electron chi connectivity index (χ3n) is 3.26. The van der Waals surface area contributed by atoms with Crippen LogP contribution >= 0.6 is 15.9 Å². The Hall–Kier alpha value is 0.100. The minimum Gasteiger partial charge on any atom is -0.361 e. The maximum atomic E-state index is 9.27. The summed E-state index contributed by atoms with van der Waals surface area (Å²) in [5, 5.41) is 9.27. The molecule has 0 aromatic rings. The van der Waals surface area contributed by atoms with Crippen LogP contribution in [0.2, 0.25) is 0 Å². The molecule has 1 aliphatic carbocycles. The minimum absolute atomic E-state index is 0.259. The zero-order valence-corrected chi connectivity index (χ0v) is 11.9. The first-order chi connectivity index (χ1) is 7.29. The van der Waals surface area contributed by atoms with Crippen LogP contribution in [0.4, 0.5) is 0 Å². The second-order valence-electron chi connectivity index (χ2n) is 5.15. The predicted octanol–water partition coefficient (Wildman–Crippen LogP) is 3.37. The minimum atomic E-state index is -0.309. The third-order valence-corrected chi connectivity index (χ3v) is 3.45. The van der Waals surface area contributed by atoms with Crippen molar-refractivity contribution in [2.75, 3.05) is 0 Å². The fourth-order valence-corrected chi connectivity index (χ4v) is 2.50. The maximum Gasteiger partial charge on any atom is 0.117 e. The summed E-state index contributed by atoms with van der Waals surface area (Å²) in [6.45, 7) is 9.90. The van der Waals surface area contributed by atoms with Crippen LogP contribution in [0.25, 0.3) is 0 Å². The van der Waals surface area contributed by atoms with Crippen molar-refractivity contribution in [3.8, 4) is 0 Å². The lowest BCUT2D eigenvalue weighted by Crippen LogP contribution is -2.48. The number of ether oxygens (including phenoxy) is 1. The molecule has 1 aliphatic rings. The van der Waals surface area contributed by atoms with Crippen LogP contribution in [0.1, 0.15) is 46.5 Å². The van der Waals surface area contributed by atoms with E-state index >= 15 is 0 Å². The van der Waals surface area contributed by atoms with Gasteiger partial charge in [0.15, 0.2) is 0 Å². The summed E-state index contributed by atoms with van der Waals surface area (Å²) in [6, 6.07) is 0. The van der Waals surface area contributed by atoms with Gasteiger partial charge in [0, 0.05) is 0 Å². The van der Waals surface area contributed by atoms with E-state index in [-0.39, 0.29) is 16.2 Å². The molecular formula is C12H22BrNO2. The van der Waals surface area contributed by atoms with E-state index in [2.05, 4.69) is 28.0 Å². The monoisotopic (exact) mass is 291 g/mol. The highest BCUT2D eigenvalue weighted by Crippen LogP contribution is 2.36. The van der Waals surface area contributed by atoms with E-state index in [0.717, 1.165) is 31.3 Å². The molecule has 1 rings (SSSR count). The molecule has 0 radical (unpaired) electrons. The molecular weight excluding hydrogens is 270 g/mol. The number of rotatable bonds is 4. The number of nitrogens with one attached hydrogen (secondary N) is 1. The van der Waals surface area contributed by atoms with Gasteiger partial charge in [0.05, 0.1) is 11.6 Å². The molecule has 3 nitrogen and oxygen atoms in total. The molecule has 0 aliphatic heterocycles. The standard InChI is InChI=1S/C12H22BrNO2/c1-9(2)12(14-15)7-5-10(6-8-12)16-11(3,4)13/h10,14-15H,1,5-8H2,2-4H3. The molecule has 0 aromatic heterocycles. The first-order valence-electron chi connectivity index (χ1n) is 5.73. The summed E-state index contributed by atoms with van der Waals surface area (Å²) in [5.41, 5.74) is 3.12. The molecule has 0 spiro atoms. The Bertz CT molecular complexity index is 252. The van der Waals surface area contributed by atoms with Crippen molar-refractivity contribution in [2.45, 2.75) is 62.6 Å². The number of hydroxylamine groups is 1. The molecule has 2 N–H and O–H groups in total. The van der Waals surface area contributed by atoms with Gasteiger partial charge in [-0.1, -0.05) is 28.1 Å². The fraction of sp³-hybridized carbons (Fsp3) is 0.833. The van der Waals surface area contributed by atoms with E-state index in [1.54, 1.807) is 0 Å². The van der Waals surface area contributed by atoms with E-state index in [1.165, 1.54) is 0 Å². The zero-order chi connectivity index (χ0) is 12.4. The van der Waals surface area contributed by atoms with E-state index in [0.29, 0.717) is 0 Å². The van der Waals surface area contributed by atoms with Crippen LogP contribution < -0.4 is 5.48 Å². The van der Waals surface area contributed by atoms with Gasteiger partial charge in [-0.05, 0) is 46.5 Å². The molecule has 0 heterocycles. The second-order valence-corrected chi connectivity index (χ2v) is 7.06. The molecule has 0 saturated heterocycles. The summed E-state index contributed by atoms with van der Waals surface area (Å²) in [6.07, 6.45) is 3.87. The van der Waals surface area contributed by atoms with Crippen molar-refractivity contribution >= 4 is 15.9 Å². The van der Waals surface area contributed by atoms with E-state index in [9.17, 15) is 5.21 Å². The van der Waals surface area contributed by atoms with Crippen LogP contribution in [0.3, 0.4) is 0 Å². The van der Waals surface area contributed by atoms with Gasteiger partial charge in [-0.15, -0.1) is 0 Å². The topological polar surface area (TPSA) is 41.5 Å². The molecule has 0 bridgehead atoms. The number of hydrogen-bond acceptors (Lipinski definition) is 3. The Morgan fingerprint density at radius 3 is 2.31 bits per heavy atom. The quantitative estimate of drug-likeness (QED) is 0.474.